The summed E-state index contributed by atoms with van der Waals surface area (Å²) in [6.45, 7) is 0.257. The Balaban J connectivity index is 1.18. The lowest BCUT2D eigenvalue weighted by atomic mass is 10.2. The van der Waals surface area contributed by atoms with Gasteiger partial charge in [-0.2, -0.15) is 4.98 Å². The Kier molecular flexibility index (Phi) is 6.99. The molecule has 1 aromatic heterocycles. The lowest BCUT2D eigenvalue weighted by molar-refractivity contribution is -0.123. The standard InChI is InChI=1S/C24H20ClN3O4/c25-18-8-6-17(7-9-18)24-27-23(32-28-24)14-15-26-22(29)16-30-19-10-12-21(13-11-19)31-20-4-2-1-3-5-20/h1-13H,14-16H2,(H,26,29). The zero-order chi connectivity index (χ0) is 22.2. The van der Waals surface area contributed by atoms with Gasteiger partial charge in [0.15, 0.2) is 6.61 Å². The molecule has 0 atom stereocenters. The lowest BCUT2D eigenvalue weighted by Gasteiger charge is -2.08. The van der Waals surface area contributed by atoms with Crippen molar-refractivity contribution in [2.45, 2.75) is 6.42 Å². The van der Waals surface area contributed by atoms with Gasteiger partial charge in [0.05, 0.1) is 0 Å². The van der Waals surface area contributed by atoms with E-state index in [1.807, 2.05) is 42.5 Å². The van der Waals surface area contributed by atoms with Gasteiger partial charge in [-0.15, -0.1) is 0 Å². The van der Waals surface area contributed by atoms with Gasteiger partial charge in [0, 0.05) is 23.6 Å². The summed E-state index contributed by atoms with van der Waals surface area (Å²) in [5.41, 5.74) is 0.807. The van der Waals surface area contributed by atoms with Crippen LogP contribution in [0.4, 0.5) is 0 Å². The fourth-order valence-electron chi connectivity index (χ4n) is 2.81. The van der Waals surface area contributed by atoms with Crippen molar-refractivity contribution in [1.29, 1.82) is 0 Å². The van der Waals surface area contributed by atoms with Crippen LogP contribution in [0.3, 0.4) is 0 Å². The van der Waals surface area contributed by atoms with Crippen LogP contribution >= 0.6 is 11.6 Å². The van der Waals surface area contributed by atoms with Crippen LogP contribution in [0.25, 0.3) is 11.4 Å². The number of benzene rings is 3. The number of para-hydroxylation sites is 1. The highest BCUT2D eigenvalue weighted by atomic mass is 35.5. The molecule has 1 amide bonds. The maximum absolute atomic E-state index is 12.0. The second-order valence-corrected chi connectivity index (χ2v) is 7.23. The number of amides is 1. The van der Waals surface area contributed by atoms with Crippen molar-refractivity contribution in [1.82, 2.24) is 15.5 Å². The molecule has 1 heterocycles. The number of hydrogen-bond acceptors (Lipinski definition) is 6. The van der Waals surface area contributed by atoms with Crippen LogP contribution in [-0.4, -0.2) is 29.2 Å². The molecule has 0 fully saturated rings. The van der Waals surface area contributed by atoms with E-state index >= 15 is 0 Å². The Labute approximate surface area is 189 Å². The topological polar surface area (TPSA) is 86.5 Å². The summed E-state index contributed by atoms with van der Waals surface area (Å²) in [4.78, 5) is 16.4. The fraction of sp³-hybridized carbons (Fsp3) is 0.125. The maximum Gasteiger partial charge on any atom is 0.257 e. The predicted molar refractivity (Wildman–Crippen MR) is 120 cm³/mol. The minimum atomic E-state index is -0.243. The van der Waals surface area contributed by atoms with Crippen molar-refractivity contribution in [3.8, 4) is 28.6 Å². The number of carbonyl (C=O) groups is 1. The molecular weight excluding hydrogens is 430 g/mol. The van der Waals surface area contributed by atoms with Crippen LogP contribution in [-0.2, 0) is 11.2 Å². The molecule has 0 saturated carbocycles. The predicted octanol–water partition coefficient (Wildman–Crippen LogP) is 4.92. The van der Waals surface area contributed by atoms with Gasteiger partial charge in [-0.25, -0.2) is 0 Å². The zero-order valence-corrected chi connectivity index (χ0v) is 17.8. The van der Waals surface area contributed by atoms with E-state index in [4.69, 9.17) is 25.6 Å². The molecule has 162 valence electrons. The van der Waals surface area contributed by atoms with Crippen molar-refractivity contribution in [3.63, 3.8) is 0 Å². The SMILES string of the molecule is O=C(COc1ccc(Oc2ccccc2)cc1)NCCc1nc(-c2ccc(Cl)cc2)no1. The minimum absolute atomic E-state index is 0.0985. The molecule has 32 heavy (non-hydrogen) atoms. The second kappa shape index (κ2) is 10.5. The summed E-state index contributed by atoms with van der Waals surface area (Å²) in [5, 5.41) is 7.35. The number of hydrogen-bond donors (Lipinski definition) is 1. The number of aromatic nitrogens is 2. The molecule has 0 saturated heterocycles. The van der Waals surface area contributed by atoms with E-state index in [1.54, 1.807) is 36.4 Å². The molecular formula is C24H20ClN3O4. The van der Waals surface area contributed by atoms with Crippen LogP contribution in [0, 0.1) is 0 Å². The fourth-order valence-corrected chi connectivity index (χ4v) is 2.94. The normalized spacial score (nSPS) is 10.5. The van der Waals surface area contributed by atoms with Crippen molar-refractivity contribution in [3.05, 3.63) is 89.8 Å². The van der Waals surface area contributed by atoms with Gasteiger partial charge in [0.1, 0.15) is 17.2 Å². The highest BCUT2D eigenvalue weighted by Gasteiger charge is 2.09. The Hall–Kier alpha value is -3.84. The second-order valence-electron chi connectivity index (χ2n) is 6.79. The molecule has 7 nitrogen and oxygen atoms in total. The summed E-state index contributed by atoms with van der Waals surface area (Å²) in [6, 6.07) is 23.7. The highest BCUT2D eigenvalue weighted by Crippen LogP contribution is 2.23. The van der Waals surface area contributed by atoms with E-state index in [2.05, 4.69) is 15.5 Å². The molecule has 0 radical (unpaired) electrons. The Morgan fingerprint density at radius 2 is 1.59 bits per heavy atom. The first-order valence-electron chi connectivity index (χ1n) is 9.97. The Morgan fingerprint density at radius 1 is 0.906 bits per heavy atom. The first-order chi connectivity index (χ1) is 15.7. The van der Waals surface area contributed by atoms with E-state index in [0.717, 1.165) is 11.3 Å². The number of halogens is 1. The van der Waals surface area contributed by atoms with Gasteiger partial charge in [-0.3, -0.25) is 4.79 Å². The van der Waals surface area contributed by atoms with Gasteiger partial charge in [-0.1, -0.05) is 35.0 Å². The number of ether oxygens (including phenoxy) is 2. The molecule has 0 bridgehead atoms. The third-order valence-corrected chi connectivity index (χ3v) is 4.66. The van der Waals surface area contributed by atoms with Crippen LogP contribution in [0.2, 0.25) is 5.02 Å². The minimum Gasteiger partial charge on any atom is -0.484 e. The quantitative estimate of drug-likeness (QED) is 0.390. The van der Waals surface area contributed by atoms with Crippen LogP contribution < -0.4 is 14.8 Å². The smallest absolute Gasteiger partial charge is 0.257 e. The van der Waals surface area contributed by atoms with Gasteiger partial charge >= 0.3 is 0 Å². The summed E-state index contributed by atoms with van der Waals surface area (Å²) in [5.74, 6) is 2.68. The number of nitrogens with one attached hydrogen (secondary N) is 1. The zero-order valence-electron chi connectivity index (χ0n) is 17.0. The lowest BCUT2D eigenvalue weighted by Crippen LogP contribution is -2.30. The molecule has 3 aromatic carbocycles. The van der Waals surface area contributed by atoms with E-state index in [9.17, 15) is 4.79 Å². The van der Waals surface area contributed by atoms with Gasteiger partial charge < -0.3 is 19.3 Å². The van der Waals surface area contributed by atoms with E-state index in [1.165, 1.54) is 0 Å². The summed E-state index contributed by atoms with van der Waals surface area (Å²) < 4.78 is 16.5. The first kappa shape index (κ1) is 21.4. The number of carbonyl (C=O) groups excluding carboxylic acids is 1. The first-order valence-corrected chi connectivity index (χ1v) is 10.3. The van der Waals surface area contributed by atoms with E-state index in [0.29, 0.717) is 41.2 Å². The van der Waals surface area contributed by atoms with Crippen LogP contribution in [0.1, 0.15) is 5.89 Å². The van der Waals surface area contributed by atoms with E-state index in [-0.39, 0.29) is 12.5 Å². The Morgan fingerprint density at radius 3 is 2.34 bits per heavy atom. The highest BCUT2D eigenvalue weighted by molar-refractivity contribution is 6.30. The molecule has 0 unspecified atom stereocenters. The maximum atomic E-state index is 12.0. The molecule has 4 rings (SSSR count). The average Bonchev–Trinajstić information content (AvgIpc) is 3.29. The number of nitrogens with zero attached hydrogens (tertiary/aromatic N) is 2. The third kappa shape index (κ3) is 6.09. The largest absolute Gasteiger partial charge is 0.484 e. The van der Waals surface area contributed by atoms with Gasteiger partial charge in [0.25, 0.3) is 5.91 Å². The summed E-state index contributed by atoms with van der Waals surface area (Å²) in [6.07, 6.45) is 0.415. The van der Waals surface area contributed by atoms with Gasteiger partial charge in [0.2, 0.25) is 11.7 Å². The van der Waals surface area contributed by atoms with E-state index < -0.39 is 0 Å². The molecule has 0 aliphatic carbocycles. The van der Waals surface area contributed by atoms with Crippen LogP contribution in [0.5, 0.6) is 17.2 Å². The Bertz CT molecular complexity index is 1150. The van der Waals surface area contributed by atoms with Gasteiger partial charge in [-0.05, 0) is 60.7 Å². The van der Waals surface area contributed by atoms with Crippen molar-refractivity contribution >= 4 is 17.5 Å². The third-order valence-electron chi connectivity index (χ3n) is 4.40. The monoisotopic (exact) mass is 449 g/mol. The molecule has 0 spiro atoms. The number of rotatable bonds is 9. The van der Waals surface area contributed by atoms with Crippen molar-refractivity contribution < 1.29 is 18.8 Å². The van der Waals surface area contributed by atoms with Crippen molar-refractivity contribution in [2.24, 2.45) is 0 Å². The molecule has 0 aliphatic rings. The van der Waals surface area contributed by atoms with Crippen molar-refractivity contribution in [2.75, 3.05) is 13.2 Å². The molecule has 0 aliphatic heterocycles. The summed E-state index contributed by atoms with van der Waals surface area (Å²) in [7, 11) is 0. The molecule has 1 N–H and O–H groups in total. The molecule has 4 aromatic rings. The van der Waals surface area contributed by atoms with Crippen LogP contribution in [0.15, 0.2) is 83.4 Å². The molecule has 8 heteroatoms. The average molecular weight is 450 g/mol. The summed E-state index contributed by atoms with van der Waals surface area (Å²) >= 11 is 5.88.